The molecule has 0 radical (unpaired) electrons. The molecular formula is C68H44N2O. The molecule has 71 heavy (non-hydrogen) atoms. The van der Waals surface area contributed by atoms with E-state index >= 15 is 0 Å². The molecule has 2 aromatic heterocycles. The number of fused-ring (bicyclic) bond motifs is 9. The van der Waals surface area contributed by atoms with Crippen LogP contribution >= 0.6 is 0 Å². The summed E-state index contributed by atoms with van der Waals surface area (Å²) < 4.78 is 9.07. The normalized spacial score (nSPS) is 11.7. The van der Waals surface area contributed by atoms with Crippen molar-refractivity contribution in [3.8, 4) is 50.2 Å². The van der Waals surface area contributed by atoms with Gasteiger partial charge in [-0.05, 0) is 116 Å². The molecule has 0 N–H and O–H groups in total. The molecular weight excluding hydrogens is 861 g/mol. The van der Waals surface area contributed by atoms with Crippen LogP contribution in [0, 0.1) is 0 Å². The first-order valence-electron chi connectivity index (χ1n) is 24.3. The highest BCUT2D eigenvalue weighted by atomic mass is 16.3. The summed E-state index contributed by atoms with van der Waals surface area (Å²) in [5.74, 6) is 0. The lowest BCUT2D eigenvalue weighted by Crippen LogP contribution is -2.11. The molecule has 3 heteroatoms. The monoisotopic (exact) mass is 904 g/mol. The van der Waals surface area contributed by atoms with Gasteiger partial charge in [0.2, 0.25) is 0 Å². The van der Waals surface area contributed by atoms with Crippen molar-refractivity contribution in [3.63, 3.8) is 0 Å². The van der Waals surface area contributed by atoms with E-state index < -0.39 is 0 Å². The van der Waals surface area contributed by atoms with Crippen molar-refractivity contribution in [2.45, 2.75) is 0 Å². The van der Waals surface area contributed by atoms with Gasteiger partial charge in [-0.1, -0.05) is 200 Å². The quantitative estimate of drug-likeness (QED) is 0.142. The third-order valence-electron chi connectivity index (χ3n) is 14.4. The van der Waals surface area contributed by atoms with Gasteiger partial charge in [0.1, 0.15) is 11.2 Å². The first kappa shape index (κ1) is 40.6. The van der Waals surface area contributed by atoms with E-state index in [1.165, 1.54) is 65.6 Å². The van der Waals surface area contributed by atoms with Crippen LogP contribution in [0.25, 0.3) is 115 Å². The summed E-state index contributed by atoms with van der Waals surface area (Å²) in [4.78, 5) is 2.38. The third kappa shape index (κ3) is 6.82. The Bertz CT molecular complexity index is 4290. The fraction of sp³-hybridized carbons (Fsp3) is 0. The smallest absolute Gasteiger partial charge is 0.143 e. The maximum atomic E-state index is 6.66. The Kier molecular flexibility index (Phi) is 9.53. The van der Waals surface area contributed by atoms with Crippen molar-refractivity contribution in [2.75, 3.05) is 4.90 Å². The standard InChI is InChI=1S/C68H44N2O/c1-2-18-54-47(15-1)31-32-51-44-49(37-42-55(51)54)46-35-40-53(41-36-46)69(64-27-9-6-22-59(64)61-24-14-25-62-60-23-7-12-30-67(60)71-68(61)62)52-38-33-45(34-39-52)48-16-13-17-50(43-48)56-19-3-8-26-63(56)70-65-28-10-4-20-57(65)58-21-5-11-29-66(58)70/h1-44H. The Morgan fingerprint density at radius 3 is 1.58 bits per heavy atom. The third-order valence-corrected chi connectivity index (χ3v) is 14.4. The maximum Gasteiger partial charge on any atom is 0.143 e. The van der Waals surface area contributed by atoms with E-state index in [2.05, 4.69) is 270 Å². The van der Waals surface area contributed by atoms with Crippen LogP contribution in [0.4, 0.5) is 17.1 Å². The van der Waals surface area contributed by atoms with Crippen LogP contribution in [0.3, 0.4) is 0 Å². The number of rotatable bonds is 8. The Morgan fingerprint density at radius 1 is 0.296 bits per heavy atom. The molecule has 332 valence electrons. The summed E-state index contributed by atoms with van der Waals surface area (Å²) in [5.41, 5.74) is 17.6. The van der Waals surface area contributed by atoms with Gasteiger partial charge < -0.3 is 13.9 Å². The van der Waals surface area contributed by atoms with Crippen molar-refractivity contribution in [1.82, 2.24) is 4.57 Å². The molecule has 0 aliphatic carbocycles. The van der Waals surface area contributed by atoms with Gasteiger partial charge in [-0.15, -0.1) is 0 Å². The first-order chi connectivity index (χ1) is 35.2. The molecule has 14 rings (SSSR count). The van der Waals surface area contributed by atoms with Crippen LogP contribution in [0.1, 0.15) is 0 Å². The zero-order valence-electron chi connectivity index (χ0n) is 38.7. The van der Waals surface area contributed by atoms with Gasteiger partial charge in [0.25, 0.3) is 0 Å². The minimum absolute atomic E-state index is 0.885. The molecule has 0 spiro atoms. The van der Waals surface area contributed by atoms with Crippen LogP contribution in [-0.4, -0.2) is 4.57 Å². The molecule has 0 saturated carbocycles. The molecule has 0 bridgehead atoms. The molecule has 0 unspecified atom stereocenters. The largest absolute Gasteiger partial charge is 0.455 e. The van der Waals surface area contributed by atoms with E-state index in [4.69, 9.17) is 4.42 Å². The molecule has 0 saturated heterocycles. The van der Waals surface area contributed by atoms with Crippen molar-refractivity contribution < 1.29 is 4.42 Å². The molecule has 12 aromatic carbocycles. The van der Waals surface area contributed by atoms with E-state index in [9.17, 15) is 0 Å². The van der Waals surface area contributed by atoms with Gasteiger partial charge in [0.05, 0.1) is 22.4 Å². The summed E-state index contributed by atoms with van der Waals surface area (Å²) >= 11 is 0. The highest BCUT2D eigenvalue weighted by Crippen LogP contribution is 2.45. The van der Waals surface area contributed by atoms with Crippen LogP contribution in [0.5, 0.6) is 0 Å². The molecule has 0 aliphatic heterocycles. The van der Waals surface area contributed by atoms with Crippen LogP contribution in [0.2, 0.25) is 0 Å². The van der Waals surface area contributed by atoms with Gasteiger partial charge in [-0.2, -0.15) is 0 Å². The van der Waals surface area contributed by atoms with E-state index in [0.717, 1.165) is 66.9 Å². The van der Waals surface area contributed by atoms with Crippen LogP contribution in [0.15, 0.2) is 271 Å². The Hall–Kier alpha value is -9.44. The SMILES string of the molecule is c1cc(-c2ccc(N(c3ccc(-c4ccc5c(ccc6ccccc65)c4)cc3)c3ccccc3-c3cccc4c3oc3ccccc34)cc2)cc(-c2ccccc2-n2c3ccccc3c3ccccc32)c1. The molecule has 3 nitrogen and oxygen atoms in total. The fourth-order valence-corrected chi connectivity index (χ4v) is 11.0. The Morgan fingerprint density at radius 2 is 0.817 bits per heavy atom. The molecule has 0 atom stereocenters. The topological polar surface area (TPSA) is 21.3 Å². The molecule has 0 amide bonds. The van der Waals surface area contributed by atoms with Gasteiger partial charge >= 0.3 is 0 Å². The second kappa shape index (κ2) is 16.7. The number of hydrogen-bond acceptors (Lipinski definition) is 2. The van der Waals surface area contributed by atoms with Crippen molar-refractivity contribution in [3.05, 3.63) is 267 Å². The Balaban J connectivity index is 0.870. The van der Waals surface area contributed by atoms with Crippen molar-refractivity contribution in [1.29, 1.82) is 0 Å². The van der Waals surface area contributed by atoms with Crippen molar-refractivity contribution >= 4 is 82.4 Å². The Labute approximate surface area is 411 Å². The van der Waals surface area contributed by atoms with Crippen LogP contribution < -0.4 is 4.90 Å². The average Bonchev–Trinajstić information content (AvgIpc) is 4.00. The number of hydrogen-bond donors (Lipinski definition) is 0. The number of nitrogens with zero attached hydrogens (tertiary/aromatic N) is 2. The van der Waals surface area contributed by atoms with Gasteiger partial charge in [-0.25, -0.2) is 0 Å². The number of benzene rings is 12. The molecule has 0 fully saturated rings. The zero-order valence-corrected chi connectivity index (χ0v) is 38.7. The first-order valence-corrected chi connectivity index (χ1v) is 24.3. The minimum atomic E-state index is 0.885. The second-order valence-electron chi connectivity index (χ2n) is 18.4. The maximum absolute atomic E-state index is 6.66. The van der Waals surface area contributed by atoms with Gasteiger partial charge in [-0.3, -0.25) is 0 Å². The second-order valence-corrected chi connectivity index (χ2v) is 18.4. The predicted molar refractivity (Wildman–Crippen MR) is 299 cm³/mol. The lowest BCUT2D eigenvalue weighted by Gasteiger charge is -2.28. The predicted octanol–water partition coefficient (Wildman–Crippen LogP) is 19.1. The summed E-state index contributed by atoms with van der Waals surface area (Å²) in [6.45, 7) is 0. The summed E-state index contributed by atoms with van der Waals surface area (Å²) in [7, 11) is 0. The lowest BCUT2D eigenvalue weighted by molar-refractivity contribution is 0.670. The van der Waals surface area contributed by atoms with Gasteiger partial charge in [0.15, 0.2) is 0 Å². The molecule has 2 heterocycles. The summed E-state index contributed by atoms with van der Waals surface area (Å²) in [6, 6.07) is 96.6. The van der Waals surface area contributed by atoms with E-state index in [0.29, 0.717) is 0 Å². The lowest BCUT2D eigenvalue weighted by atomic mass is 9.96. The number of furan rings is 1. The van der Waals surface area contributed by atoms with E-state index in [1.54, 1.807) is 0 Å². The highest BCUT2D eigenvalue weighted by molar-refractivity contribution is 6.12. The van der Waals surface area contributed by atoms with Crippen molar-refractivity contribution in [2.24, 2.45) is 0 Å². The van der Waals surface area contributed by atoms with E-state index in [-0.39, 0.29) is 0 Å². The summed E-state index contributed by atoms with van der Waals surface area (Å²) in [6.07, 6.45) is 0. The zero-order chi connectivity index (χ0) is 46.8. The van der Waals surface area contributed by atoms with Gasteiger partial charge in [0, 0.05) is 49.6 Å². The number of anilines is 3. The van der Waals surface area contributed by atoms with Crippen LogP contribution in [-0.2, 0) is 0 Å². The molecule has 0 aliphatic rings. The van der Waals surface area contributed by atoms with E-state index in [1.807, 2.05) is 6.07 Å². The number of aromatic nitrogens is 1. The number of para-hydroxylation sites is 6. The minimum Gasteiger partial charge on any atom is -0.455 e. The molecule has 14 aromatic rings. The summed E-state index contributed by atoms with van der Waals surface area (Å²) in [5, 5.41) is 9.77. The fourth-order valence-electron chi connectivity index (χ4n) is 11.0. The highest BCUT2D eigenvalue weighted by Gasteiger charge is 2.21. The average molecular weight is 905 g/mol.